The first kappa shape index (κ1) is 25.8. The Morgan fingerprint density at radius 3 is 2.38 bits per heavy atom. The fourth-order valence-electron chi connectivity index (χ4n) is 6.72. The van der Waals surface area contributed by atoms with Crippen molar-refractivity contribution in [3.63, 3.8) is 0 Å². The molecule has 0 unspecified atom stereocenters. The van der Waals surface area contributed by atoms with Crippen LogP contribution >= 0.6 is 11.8 Å². The Kier molecular flexibility index (Phi) is 7.34. The van der Waals surface area contributed by atoms with Crippen LogP contribution in [0.4, 0.5) is 4.79 Å². The molecule has 9 heteroatoms. The fourth-order valence-corrected chi connectivity index (χ4v) is 7.56. The Balaban J connectivity index is 1.26. The first-order valence-corrected chi connectivity index (χ1v) is 13.9. The normalized spacial score (nSPS) is 29.2. The number of benzene rings is 1. The summed E-state index contributed by atoms with van der Waals surface area (Å²) in [5, 5.41) is -0.517. The number of thioether (sulfide) groups is 1. The summed E-state index contributed by atoms with van der Waals surface area (Å²) in [6, 6.07) is 5.06. The zero-order valence-electron chi connectivity index (χ0n) is 21.3. The number of imide groups is 1. The number of rotatable bonds is 9. The van der Waals surface area contributed by atoms with Crippen molar-refractivity contribution in [2.75, 3.05) is 20.3 Å². The minimum absolute atomic E-state index is 0.162. The van der Waals surface area contributed by atoms with E-state index in [1.54, 1.807) is 24.3 Å². The SMILES string of the molecule is CCCCOC(=O)CN1C(=O)S/C(=C\c2ccc(OC(=O)C34CC5CC(CC(C5)C3)C4)c(OC)c2)C1=O. The van der Waals surface area contributed by atoms with Crippen LogP contribution in [0.2, 0.25) is 0 Å². The highest BCUT2D eigenvalue weighted by Crippen LogP contribution is 2.60. The van der Waals surface area contributed by atoms with Gasteiger partial charge in [0.2, 0.25) is 0 Å². The first-order valence-electron chi connectivity index (χ1n) is 13.1. The molecule has 2 amide bonds. The Morgan fingerprint density at radius 1 is 1.08 bits per heavy atom. The second kappa shape index (κ2) is 10.5. The number of carbonyl (C=O) groups is 4. The van der Waals surface area contributed by atoms with Gasteiger partial charge in [0.05, 0.1) is 24.0 Å². The Hall–Kier alpha value is -2.81. The maximum atomic E-state index is 13.4. The largest absolute Gasteiger partial charge is 0.493 e. The van der Waals surface area contributed by atoms with Crippen molar-refractivity contribution < 1.29 is 33.4 Å². The van der Waals surface area contributed by atoms with Crippen LogP contribution < -0.4 is 9.47 Å². The molecule has 0 N–H and O–H groups in total. The minimum Gasteiger partial charge on any atom is -0.493 e. The highest BCUT2D eigenvalue weighted by Gasteiger charge is 2.55. The summed E-state index contributed by atoms with van der Waals surface area (Å²) in [4.78, 5) is 51.6. The maximum absolute atomic E-state index is 13.4. The topological polar surface area (TPSA) is 99.2 Å². The lowest BCUT2D eigenvalue weighted by Gasteiger charge is -2.55. The second-order valence-corrected chi connectivity index (χ2v) is 11.8. The van der Waals surface area contributed by atoms with Crippen LogP contribution in [0.15, 0.2) is 23.1 Å². The molecule has 5 fully saturated rings. The molecule has 1 heterocycles. The summed E-state index contributed by atoms with van der Waals surface area (Å²) in [5.74, 6) is 1.32. The van der Waals surface area contributed by atoms with Gasteiger partial charge >= 0.3 is 11.9 Å². The molecule has 4 aliphatic carbocycles. The van der Waals surface area contributed by atoms with Crippen LogP contribution in [-0.4, -0.2) is 48.2 Å². The van der Waals surface area contributed by atoms with Crippen LogP contribution in [-0.2, 0) is 19.1 Å². The van der Waals surface area contributed by atoms with Gasteiger partial charge in [-0.15, -0.1) is 0 Å². The molecule has 1 aromatic rings. The molecule has 1 saturated heterocycles. The summed E-state index contributed by atoms with van der Waals surface area (Å²) in [6.07, 6.45) is 9.66. The maximum Gasteiger partial charge on any atom is 0.326 e. The Labute approximate surface area is 221 Å². The van der Waals surface area contributed by atoms with Crippen molar-refractivity contribution in [2.45, 2.75) is 58.3 Å². The summed E-state index contributed by atoms with van der Waals surface area (Å²) in [5.41, 5.74) is 0.233. The molecule has 0 atom stereocenters. The van der Waals surface area contributed by atoms with Crippen molar-refractivity contribution >= 4 is 40.9 Å². The van der Waals surface area contributed by atoms with E-state index in [0.717, 1.165) is 48.8 Å². The van der Waals surface area contributed by atoms with E-state index in [-0.39, 0.29) is 22.9 Å². The number of nitrogens with zero attached hydrogens (tertiary/aromatic N) is 1. The van der Waals surface area contributed by atoms with E-state index in [0.29, 0.717) is 34.8 Å². The third-order valence-electron chi connectivity index (χ3n) is 8.08. The smallest absolute Gasteiger partial charge is 0.326 e. The molecule has 0 spiro atoms. The summed E-state index contributed by atoms with van der Waals surface area (Å²) in [7, 11) is 1.50. The minimum atomic E-state index is -0.608. The van der Waals surface area contributed by atoms with Gasteiger partial charge in [-0.25, -0.2) is 0 Å². The monoisotopic (exact) mass is 527 g/mol. The lowest BCUT2D eigenvalue weighted by atomic mass is 9.49. The highest BCUT2D eigenvalue weighted by atomic mass is 32.2. The average molecular weight is 528 g/mol. The van der Waals surface area contributed by atoms with E-state index < -0.39 is 23.7 Å². The molecule has 5 aliphatic rings. The molecule has 8 nitrogen and oxygen atoms in total. The first-order chi connectivity index (χ1) is 17.8. The second-order valence-electron chi connectivity index (χ2n) is 10.8. The van der Waals surface area contributed by atoms with Crippen molar-refractivity contribution in [3.05, 3.63) is 28.7 Å². The molecule has 6 rings (SSSR count). The molecule has 4 bridgehead atoms. The third-order valence-corrected chi connectivity index (χ3v) is 8.99. The van der Waals surface area contributed by atoms with E-state index in [4.69, 9.17) is 14.2 Å². The molecule has 0 radical (unpaired) electrons. The van der Waals surface area contributed by atoms with Gasteiger partial charge in [-0.05, 0) is 98.2 Å². The van der Waals surface area contributed by atoms with Crippen molar-refractivity contribution in [3.8, 4) is 11.5 Å². The van der Waals surface area contributed by atoms with Crippen LogP contribution in [0.25, 0.3) is 6.08 Å². The predicted molar refractivity (Wildman–Crippen MR) is 138 cm³/mol. The number of hydrogen-bond acceptors (Lipinski definition) is 8. The van der Waals surface area contributed by atoms with Crippen LogP contribution in [0.1, 0.15) is 63.9 Å². The fraction of sp³-hybridized carbons (Fsp3) is 0.571. The van der Waals surface area contributed by atoms with Gasteiger partial charge in [0, 0.05) is 0 Å². The highest BCUT2D eigenvalue weighted by molar-refractivity contribution is 8.18. The molecular formula is C28H33NO7S. The lowest BCUT2D eigenvalue weighted by molar-refractivity contribution is -0.161. The van der Waals surface area contributed by atoms with Gasteiger partial charge < -0.3 is 14.2 Å². The van der Waals surface area contributed by atoms with Crippen molar-refractivity contribution in [2.24, 2.45) is 23.2 Å². The van der Waals surface area contributed by atoms with E-state index >= 15 is 0 Å². The quantitative estimate of drug-likeness (QED) is 0.187. The number of hydrogen-bond donors (Lipinski definition) is 0. The molecule has 4 saturated carbocycles. The van der Waals surface area contributed by atoms with Crippen molar-refractivity contribution in [1.29, 1.82) is 0 Å². The zero-order valence-corrected chi connectivity index (χ0v) is 22.1. The molecule has 1 aromatic carbocycles. The summed E-state index contributed by atoms with van der Waals surface area (Å²) >= 11 is 0.772. The molecule has 198 valence electrons. The van der Waals surface area contributed by atoms with Crippen LogP contribution in [0, 0.1) is 23.2 Å². The number of carbonyl (C=O) groups excluding carboxylic acids is 4. The number of unbranched alkanes of at least 4 members (excludes halogenated alkanes) is 1. The summed E-state index contributed by atoms with van der Waals surface area (Å²) in [6.45, 7) is 1.83. The zero-order chi connectivity index (χ0) is 26.2. The molecule has 37 heavy (non-hydrogen) atoms. The van der Waals surface area contributed by atoms with Gasteiger partial charge in [-0.1, -0.05) is 19.4 Å². The van der Waals surface area contributed by atoms with Gasteiger partial charge in [0.1, 0.15) is 6.54 Å². The van der Waals surface area contributed by atoms with Crippen molar-refractivity contribution in [1.82, 2.24) is 4.90 Å². The third kappa shape index (κ3) is 5.28. The average Bonchev–Trinajstić information content (AvgIpc) is 3.11. The van der Waals surface area contributed by atoms with Gasteiger partial charge in [-0.2, -0.15) is 0 Å². The lowest BCUT2D eigenvalue weighted by Crippen LogP contribution is -2.51. The van der Waals surface area contributed by atoms with Gasteiger partial charge in [0.25, 0.3) is 11.1 Å². The molecular weight excluding hydrogens is 494 g/mol. The molecule has 0 aromatic heterocycles. The van der Waals surface area contributed by atoms with Crippen LogP contribution in [0.3, 0.4) is 0 Å². The number of esters is 2. The van der Waals surface area contributed by atoms with Gasteiger partial charge in [0.15, 0.2) is 11.5 Å². The van der Waals surface area contributed by atoms with Crippen LogP contribution in [0.5, 0.6) is 11.5 Å². The standard InChI is InChI=1S/C28H33NO7S/c1-3-4-7-35-24(30)16-29-25(31)23(37-27(29)33)12-17-5-6-21(22(11-17)34-2)36-26(32)28-13-18-8-19(14-28)10-20(9-18)15-28/h5-6,11-12,18-20H,3-4,7-10,13-16H2,1-2H3/b23-12-. The van der Waals surface area contributed by atoms with E-state index in [1.807, 2.05) is 6.92 Å². The van der Waals surface area contributed by atoms with Gasteiger partial charge in [-0.3, -0.25) is 24.1 Å². The number of methoxy groups -OCH3 is 1. The molecule has 1 aliphatic heterocycles. The van der Waals surface area contributed by atoms with E-state index in [9.17, 15) is 19.2 Å². The van der Waals surface area contributed by atoms with E-state index in [2.05, 4.69) is 0 Å². The van der Waals surface area contributed by atoms with E-state index in [1.165, 1.54) is 26.4 Å². The predicted octanol–water partition coefficient (Wildman–Crippen LogP) is 5.20. The Morgan fingerprint density at radius 2 is 1.76 bits per heavy atom. The Bertz CT molecular complexity index is 1110. The number of ether oxygens (including phenoxy) is 3. The summed E-state index contributed by atoms with van der Waals surface area (Å²) < 4.78 is 16.5. The number of amides is 2.